The summed E-state index contributed by atoms with van der Waals surface area (Å²) < 4.78 is 54.6. The maximum absolute atomic E-state index is 14.0. The van der Waals surface area contributed by atoms with Crippen LogP contribution < -0.4 is 14.4 Å². The molecule has 3 saturated heterocycles. The Morgan fingerprint density at radius 1 is 1.06 bits per heavy atom. The van der Waals surface area contributed by atoms with E-state index in [2.05, 4.69) is 32.6 Å². The summed E-state index contributed by atoms with van der Waals surface area (Å²) in [7, 11) is 0. The number of piperidine rings is 1. The highest BCUT2D eigenvalue weighted by molar-refractivity contribution is 6.06. The number of nitrogens with zero attached hydrogens (tertiary/aromatic N) is 6. The molecule has 10 nitrogen and oxygen atoms in total. The average molecular weight is 716 g/mol. The number of rotatable bonds is 9. The Bertz CT molecular complexity index is 2030. The molecular formula is C39H44F3N7O3. The number of halogens is 3. The SMILES string of the molecule is C=CC(=O)N1CC2(CCN(c3nc(O[C@H]4C[C@@H](N5CCCC5)C4)nc4c(OCC(F)(F)F)c(-c5c(C)ccc6[nH]ncc56)c(C5CC5)cc34)CC2)C1. The number of hydrogen-bond acceptors (Lipinski definition) is 8. The van der Waals surface area contributed by atoms with Crippen molar-refractivity contribution in [3.8, 4) is 22.9 Å². The van der Waals surface area contributed by atoms with E-state index >= 15 is 0 Å². The first-order valence-electron chi connectivity index (χ1n) is 18.7. The van der Waals surface area contributed by atoms with E-state index in [-0.39, 0.29) is 35.1 Å². The lowest BCUT2D eigenvalue weighted by atomic mass is 9.72. The number of benzene rings is 2. The van der Waals surface area contributed by atoms with Gasteiger partial charge in [0.1, 0.15) is 17.4 Å². The molecule has 1 N–H and O–H groups in total. The van der Waals surface area contributed by atoms with E-state index < -0.39 is 12.8 Å². The van der Waals surface area contributed by atoms with E-state index in [1.807, 2.05) is 24.0 Å². The number of amides is 1. The number of H-pyrrole nitrogens is 1. The lowest BCUT2D eigenvalue weighted by molar-refractivity contribution is -0.153. The number of carbonyl (C=O) groups is 1. The molecule has 1 amide bonds. The maximum Gasteiger partial charge on any atom is 0.422 e. The van der Waals surface area contributed by atoms with E-state index in [0.29, 0.717) is 54.5 Å². The Kier molecular flexibility index (Phi) is 8.13. The molecule has 3 aliphatic heterocycles. The average Bonchev–Trinajstić information content (AvgIpc) is 3.58. The predicted octanol–water partition coefficient (Wildman–Crippen LogP) is 6.92. The molecule has 1 spiro atoms. The first-order valence-corrected chi connectivity index (χ1v) is 18.7. The van der Waals surface area contributed by atoms with Crippen LogP contribution in [0, 0.1) is 12.3 Å². The van der Waals surface area contributed by atoms with E-state index in [1.165, 1.54) is 18.9 Å². The fraction of sp³-hybridized carbons (Fsp3) is 0.538. The topological polar surface area (TPSA) is 99.7 Å². The van der Waals surface area contributed by atoms with Gasteiger partial charge in [-0.15, -0.1) is 0 Å². The molecule has 13 heteroatoms. The third-order valence-electron chi connectivity index (χ3n) is 12.1. The van der Waals surface area contributed by atoms with Crippen molar-refractivity contribution in [2.24, 2.45) is 5.41 Å². The van der Waals surface area contributed by atoms with Gasteiger partial charge < -0.3 is 24.2 Å². The second kappa shape index (κ2) is 12.6. The van der Waals surface area contributed by atoms with Crippen LogP contribution in [0.2, 0.25) is 0 Å². The summed E-state index contributed by atoms with van der Waals surface area (Å²) in [6.07, 6.45) is 6.22. The lowest BCUT2D eigenvalue weighted by Gasteiger charge is -2.54. The number of aromatic amines is 1. The summed E-state index contributed by atoms with van der Waals surface area (Å²) >= 11 is 0. The Hall–Kier alpha value is -4.39. The Balaban J connectivity index is 1.16. The van der Waals surface area contributed by atoms with Gasteiger partial charge in [0.15, 0.2) is 12.4 Å². The van der Waals surface area contributed by atoms with E-state index in [0.717, 1.165) is 79.2 Å². The number of anilines is 1. The molecular weight excluding hydrogens is 671 g/mol. The number of alkyl halides is 3. The Morgan fingerprint density at radius 2 is 1.81 bits per heavy atom. The van der Waals surface area contributed by atoms with Gasteiger partial charge in [-0.2, -0.15) is 28.2 Å². The van der Waals surface area contributed by atoms with Crippen LogP contribution >= 0.6 is 0 Å². The smallest absolute Gasteiger partial charge is 0.422 e. The molecule has 9 rings (SSSR count). The normalized spacial score (nSPS) is 23.2. The van der Waals surface area contributed by atoms with Gasteiger partial charge in [-0.05, 0) is 99.4 Å². The monoisotopic (exact) mass is 715 g/mol. The minimum absolute atomic E-state index is 0.0436. The van der Waals surface area contributed by atoms with Crippen molar-refractivity contribution < 1.29 is 27.4 Å². The molecule has 0 atom stereocenters. The van der Waals surface area contributed by atoms with Crippen LogP contribution in [0.1, 0.15) is 68.4 Å². The highest BCUT2D eigenvalue weighted by Gasteiger charge is 2.47. The summed E-state index contributed by atoms with van der Waals surface area (Å²) in [6, 6.07) is 6.64. The van der Waals surface area contributed by atoms with E-state index in [1.54, 1.807) is 6.20 Å². The van der Waals surface area contributed by atoms with Crippen LogP contribution in [0.4, 0.5) is 19.0 Å². The van der Waals surface area contributed by atoms with Crippen molar-refractivity contribution in [1.82, 2.24) is 30.0 Å². The number of hydrogen-bond donors (Lipinski definition) is 1. The van der Waals surface area contributed by atoms with Gasteiger partial charge in [0.2, 0.25) is 5.91 Å². The van der Waals surface area contributed by atoms with Gasteiger partial charge in [0.05, 0.1) is 11.7 Å². The summed E-state index contributed by atoms with van der Waals surface area (Å²) in [4.78, 5) is 28.8. The Morgan fingerprint density at radius 3 is 2.50 bits per heavy atom. The molecule has 5 aliphatic rings. The van der Waals surface area contributed by atoms with Crippen LogP contribution in [-0.2, 0) is 4.79 Å². The molecule has 4 aromatic rings. The molecule has 2 aromatic heterocycles. The van der Waals surface area contributed by atoms with Gasteiger partial charge in [0.25, 0.3) is 0 Å². The molecule has 0 bridgehead atoms. The number of nitrogens with one attached hydrogen (secondary N) is 1. The summed E-state index contributed by atoms with van der Waals surface area (Å²) in [5, 5.41) is 8.80. The van der Waals surface area contributed by atoms with Gasteiger partial charge in [-0.1, -0.05) is 12.6 Å². The van der Waals surface area contributed by atoms with Gasteiger partial charge in [-0.25, -0.2) is 0 Å². The summed E-state index contributed by atoms with van der Waals surface area (Å²) in [5.74, 6) is 0.892. The number of ether oxygens (including phenoxy) is 2. The summed E-state index contributed by atoms with van der Waals surface area (Å²) in [5.41, 5.74) is 4.44. The van der Waals surface area contributed by atoms with Crippen molar-refractivity contribution in [1.29, 1.82) is 0 Å². The summed E-state index contributed by atoms with van der Waals surface area (Å²) in [6.45, 7) is 9.16. The zero-order valence-corrected chi connectivity index (χ0v) is 29.5. The van der Waals surface area contributed by atoms with E-state index in [9.17, 15) is 18.0 Å². The first-order chi connectivity index (χ1) is 25.1. The zero-order valence-electron chi connectivity index (χ0n) is 29.5. The second-order valence-corrected chi connectivity index (χ2v) is 15.7. The molecule has 0 unspecified atom stereocenters. The molecule has 2 aromatic carbocycles. The van der Waals surface area contributed by atoms with Crippen LogP contribution in [0.5, 0.6) is 11.8 Å². The fourth-order valence-corrected chi connectivity index (χ4v) is 8.99. The predicted molar refractivity (Wildman–Crippen MR) is 192 cm³/mol. The molecule has 5 heterocycles. The van der Waals surface area contributed by atoms with Crippen LogP contribution in [-0.4, -0.2) is 100 Å². The third-order valence-corrected chi connectivity index (χ3v) is 12.1. The maximum atomic E-state index is 14.0. The highest BCUT2D eigenvalue weighted by Crippen LogP contribution is 2.53. The number of fused-ring (bicyclic) bond motifs is 2. The van der Waals surface area contributed by atoms with Crippen LogP contribution in [0.15, 0.2) is 37.1 Å². The zero-order chi connectivity index (χ0) is 35.8. The van der Waals surface area contributed by atoms with Crippen molar-refractivity contribution in [3.05, 3.63) is 48.2 Å². The van der Waals surface area contributed by atoms with Crippen molar-refractivity contribution in [2.45, 2.75) is 82.5 Å². The number of aromatic nitrogens is 4. The Labute approximate surface area is 300 Å². The fourth-order valence-electron chi connectivity index (χ4n) is 8.99. The third kappa shape index (κ3) is 6.04. The van der Waals surface area contributed by atoms with Crippen molar-refractivity contribution in [3.63, 3.8) is 0 Å². The molecule has 274 valence electrons. The molecule has 2 aliphatic carbocycles. The number of likely N-dealkylation sites (tertiary alicyclic amines) is 2. The van der Waals surface area contributed by atoms with Crippen LogP contribution in [0.25, 0.3) is 32.9 Å². The number of carbonyl (C=O) groups excluding carboxylic acids is 1. The van der Waals surface area contributed by atoms with Crippen LogP contribution in [0.3, 0.4) is 0 Å². The van der Waals surface area contributed by atoms with Crippen molar-refractivity contribution in [2.75, 3.05) is 50.8 Å². The quantitative estimate of drug-likeness (QED) is 0.187. The molecule has 0 radical (unpaired) electrons. The second-order valence-electron chi connectivity index (χ2n) is 15.7. The molecule has 52 heavy (non-hydrogen) atoms. The highest BCUT2D eigenvalue weighted by atomic mass is 19.4. The first kappa shape index (κ1) is 33.4. The lowest BCUT2D eigenvalue weighted by Crippen LogP contribution is -2.61. The minimum Gasteiger partial charge on any atom is -0.481 e. The van der Waals surface area contributed by atoms with Gasteiger partial charge in [0, 0.05) is 66.8 Å². The molecule has 2 saturated carbocycles. The standard InChI is InChI=1S/C39H44F3N7O3/c1-3-31(50)49-20-38(21-49)10-14-48(15-11-38)36-28-18-27(24-7-8-24)33(32-23(2)6-9-30-29(32)19-43-46-30)35(51-22-39(40,41)42)34(28)44-37(45-36)52-26-16-25(17-26)47-12-4-5-13-47/h3,6,9,18-19,24-26H,1,4-5,7-8,10-17,20-22H2,2H3,(H,43,46)/t25-,26+. The van der Waals surface area contributed by atoms with Gasteiger partial charge in [-0.3, -0.25) is 9.89 Å². The largest absolute Gasteiger partial charge is 0.481 e. The number of aryl methyl sites for hydroxylation is 1. The van der Waals surface area contributed by atoms with E-state index in [4.69, 9.17) is 19.4 Å². The molecule has 5 fully saturated rings. The van der Waals surface area contributed by atoms with Crippen molar-refractivity contribution >= 4 is 33.5 Å². The minimum atomic E-state index is -4.56. The van der Waals surface area contributed by atoms with Gasteiger partial charge >= 0.3 is 12.2 Å².